The van der Waals surface area contributed by atoms with Gasteiger partial charge in [-0.3, -0.25) is 9.59 Å². The van der Waals surface area contributed by atoms with Crippen LogP contribution in [-0.2, 0) is 25.7 Å². The quantitative estimate of drug-likeness (QED) is 0.303. The molecule has 2 aliphatic carbocycles. The van der Waals surface area contributed by atoms with Gasteiger partial charge in [-0.1, -0.05) is 91.0 Å². The lowest BCUT2D eigenvalue weighted by atomic mass is 9.91. The minimum Gasteiger partial charge on any atom is -0.481 e. The Bertz CT molecular complexity index is 1380. The molecule has 5 rings (SSSR count). The lowest BCUT2D eigenvalue weighted by Gasteiger charge is -2.28. The Balaban J connectivity index is 1.26. The molecule has 0 aromatic heterocycles. The van der Waals surface area contributed by atoms with Crippen LogP contribution in [0.1, 0.15) is 42.4 Å². The summed E-state index contributed by atoms with van der Waals surface area (Å²) in [5.41, 5.74) is 5.36. The highest BCUT2D eigenvalue weighted by molar-refractivity contribution is 5.87. The molecule has 0 spiro atoms. The number of alkyl carbamates (subject to hydrolysis) is 1. The van der Waals surface area contributed by atoms with E-state index in [0.29, 0.717) is 6.42 Å². The Morgan fingerprint density at radius 2 is 1.56 bits per heavy atom. The number of carbonyl (C=O) groups excluding carboxylic acids is 2. The summed E-state index contributed by atoms with van der Waals surface area (Å²) in [4.78, 5) is 38.0. The number of hydrogen-bond acceptors (Lipinski definition) is 5. The zero-order valence-electron chi connectivity index (χ0n) is 22.9. The maximum Gasteiger partial charge on any atom is 0.407 e. The molecule has 0 radical (unpaired) electrons. The number of benzene rings is 3. The van der Waals surface area contributed by atoms with Crippen LogP contribution in [0.3, 0.4) is 0 Å². The highest BCUT2D eigenvalue weighted by Crippen LogP contribution is 2.44. The summed E-state index contributed by atoms with van der Waals surface area (Å²) >= 11 is 0. The van der Waals surface area contributed by atoms with E-state index >= 15 is 0 Å². The molecule has 212 valence electrons. The van der Waals surface area contributed by atoms with Crippen LogP contribution in [0, 0.1) is 5.92 Å². The van der Waals surface area contributed by atoms with Crippen molar-refractivity contribution in [3.63, 3.8) is 0 Å². The topological polar surface area (TPSA) is 114 Å². The van der Waals surface area contributed by atoms with E-state index in [1.54, 1.807) is 19.1 Å². The van der Waals surface area contributed by atoms with Crippen molar-refractivity contribution >= 4 is 18.0 Å². The average molecular weight is 555 g/mol. The van der Waals surface area contributed by atoms with E-state index in [4.69, 9.17) is 9.47 Å². The first-order valence-corrected chi connectivity index (χ1v) is 13.9. The largest absolute Gasteiger partial charge is 0.481 e. The van der Waals surface area contributed by atoms with Crippen LogP contribution < -0.4 is 10.6 Å². The Kier molecular flexibility index (Phi) is 8.79. The van der Waals surface area contributed by atoms with Crippen molar-refractivity contribution in [2.45, 2.75) is 50.5 Å². The predicted octanol–water partition coefficient (Wildman–Crippen LogP) is 5.03. The van der Waals surface area contributed by atoms with Gasteiger partial charge in [0.2, 0.25) is 5.91 Å². The number of amides is 2. The molecule has 3 aromatic carbocycles. The molecule has 2 aliphatic rings. The van der Waals surface area contributed by atoms with E-state index in [2.05, 4.69) is 22.8 Å². The molecule has 3 aromatic rings. The lowest BCUT2D eigenvalue weighted by molar-refractivity contribution is -0.142. The number of aliphatic carboxylic acids is 1. The summed E-state index contributed by atoms with van der Waals surface area (Å²) in [6, 6.07) is 24.1. The third kappa shape index (κ3) is 6.66. The minimum atomic E-state index is -1.06. The van der Waals surface area contributed by atoms with Gasteiger partial charge in [-0.25, -0.2) is 4.79 Å². The number of allylic oxidation sites excluding steroid dienone is 1. The lowest BCUT2D eigenvalue weighted by Crippen LogP contribution is -2.55. The SMILES string of the molecule is CC(OCc1ccccc1)C(NC(=O)OCC1c2ccccc2-c2ccccc21)C(=O)NC1C=CCC(C(=O)O)C1. The van der Waals surface area contributed by atoms with Crippen LogP contribution in [0.15, 0.2) is 91.0 Å². The number of nitrogens with one attached hydrogen (secondary N) is 2. The van der Waals surface area contributed by atoms with E-state index in [9.17, 15) is 19.5 Å². The van der Waals surface area contributed by atoms with Crippen LogP contribution in [0.4, 0.5) is 4.79 Å². The van der Waals surface area contributed by atoms with Crippen molar-refractivity contribution < 1.29 is 29.0 Å². The fourth-order valence-electron chi connectivity index (χ4n) is 5.53. The highest BCUT2D eigenvalue weighted by atomic mass is 16.5. The van der Waals surface area contributed by atoms with Crippen molar-refractivity contribution in [2.75, 3.05) is 6.61 Å². The van der Waals surface area contributed by atoms with Crippen LogP contribution in [0.5, 0.6) is 0 Å². The third-order valence-electron chi connectivity index (χ3n) is 7.73. The van der Waals surface area contributed by atoms with Gasteiger partial charge in [0.1, 0.15) is 12.6 Å². The molecule has 0 saturated heterocycles. The molecule has 41 heavy (non-hydrogen) atoms. The van der Waals surface area contributed by atoms with Gasteiger partial charge in [-0.2, -0.15) is 0 Å². The van der Waals surface area contributed by atoms with Gasteiger partial charge < -0.3 is 25.2 Å². The molecule has 0 aliphatic heterocycles. The molecule has 2 amide bonds. The van der Waals surface area contributed by atoms with Crippen LogP contribution in [-0.4, -0.2) is 47.9 Å². The zero-order chi connectivity index (χ0) is 28.8. The zero-order valence-corrected chi connectivity index (χ0v) is 22.9. The Morgan fingerprint density at radius 1 is 0.927 bits per heavy atom. The maximum absolute atomic E-state index is 13.4. The number of carbonyl (C=O) groups is 3. The summed E-state index contributed by atoms with van der Waals surface area (Å²) in [7, 11) is 0. The van der Waals surface area contributed by atoms with Gasteiger partial charge in [-0.05, 0) is 47.6 Å². The van der Waals surface area contributed by atoms with Crippen molar-refractivity contribution in [2.24, 2.45) is 5.92 Å². The molecule has 0 saturated carbocycles. The fourth-order valence-corrected chi connectivity index (χ4v) is 5.53. The summed E-state index contributed by atoms with van der Waals surface area (Å²) < 4.78 is 11.7. The molecule has 3 N–H and O–H groups in total. The van der Waals surface area contributed by atoms with Gasteiger partial charge in [0.25, 0.3) is 0 Å². The smallest absolute Gasteiger partial charge is 0.407 e. The molecule has 8 nitrogen and oxygen atoms in total. The van der Waals surface area contributed by atoms with Crippen molar-refractivity contribution in [1.82, 2.24) is 10.6 Å². The Morgan fingerprint density at radius 3 is 2.22 bits per heavy atom. The summed E-state index contributed by atoms with van der Waals surface area (Å²) in [5.74, 6) is -2.07. The predicted molar refractivity (Wildman–Crippen MR) is 154 cm³/mol. The number of rotatable bonds is 10. The van der Waals surface area contributed by atoms with Crippen molar-refractivity contribution in [3.05, 3.63) is 108 Å². The summed E-state index contributed by atoms with van der Waals surface area (Å²) in [6.45, 7) is 2.08. The molecule has 0 heterocycles. The first kappa shape index (κ1) is 28.1. The van der Waals surface area contributed by atoms with Crippen LogP contribution >= 0.6 is 0 Å². The van der Waals surface area contributed by atoms with Crippen molar-refractivity contribution in [3.8, 4) is 11.1 Å². The molecular formula is C33H34N2O6. The Hall–Kier alpha value is -4.43. The number of fused-ring (bicyclic) bond motifs is 3. The third-order valence-corrected chi connectivity index (χ3v) is 7.73. The number of carboxylic acid groups (broad SMARTS) is 1. The van der Waals surface area contributed by atoms with Crippen molar-refractivity contribution in [1.29, 1.82) is 0 Å². The van der Waals surface area contributed by atoms with Crippen LogP contribution in [0.25, 0.3) is 11.1 Å². The number of carboxylic acids is 1. The van der Waals surface area contributed by atoms with Gasteiger partial charge in [0, 0.05) is 12.0 Å². The normalized spacial score (nSPS) is 19.0. The monoisotopic (exact) mass is 554 g/mol. The second-order valence-electron chi connectivity index (χ2n) is 10.5. The van der Waals surface area contributed by atoms with Gasteiger partial charge in [0.05, 0.1) is 18.6 Å². The van der Waals surface area contributed by atoms with E-state index in [0.717, 1.165) is 27.8 Å². The maximum atomic E-state index is 13.4. The minimum absolute atomic E-state index is 0.110. The van der Waals surface area contributed by atoms with E-state index in [1.165, 1.54) is 0 Å². The standard InChI is InChI=1S/C33H34N2O6/c1-21(40-19-22-10-3-2-4-11-22)30(31(36)34-24-13-9-12-23(18-24)32(37)38)35-33(39)41-20-29-27-16-7-5-14-25(27)26-15-6-8-17-28(26)29/h2-11,13-17,21,23-24,29-30H,12,18-20H2,1H3,(H,34,36)(H,35,39)(H,37,38). The molecule has 4 unspecified atom stereocenters. The summed E-state index contributed by atoms with van der Waals surface area (Å²) in [5, 5.41) is 15.0. The van der Waals surface area contributed by atoms with Crippen LogP contribution in [0.2, 0.25) is 0 Å². The molecule has 0 fully saturated rings. The summed E-state index contributed by atoms with van der Waals surface area (Å²) in [6.07, 6.45) is 2.81. The Labute approximate surface area is 239 Å². The number of ether oxygens (including phenoxy) is 2. The fraction of sp³-hybridized carbons (Fsp3) is 0.303. The first-order valence-electron chi connectivity index (χ1n) is 13.9. The molecule has 0 bridgehead atoms. The van der Waals surface area contributed by atoms with E-state index < -0.39 is 42.1 Å². The second-order valence-corrected chi connectivity index (χ2v) is 10.5. The average Bonchev–Trinajstić information content (AvgIpc) is 3.31. The van der Waals surface area contributed by atoms with Gasteiger partial charge in [-0.15, -0.1) is 0 Å². The van der Waals surface area contributed by atoms with E-state index in [-0.39, 0.29) is 25.6 Å². The van der Waals surface area contributed by atoms with Gasteiger partial charge >= 0.3 is 12.1 Å². The molecule has 8 heteroatoms. The molecule has 4 atom stereocenters. The number of hydrogen-bond donors (Lipinski definition) is 3. The highest BCUT2D eigenvalue weighted by Gasteiger charge is 2.33. The molecular weight excluding hydrogens is 520 g/mol. The van der Waals surface area contributed by atoms with E-state index in [1.807, 2.05) is 66.7 Å². The first-order chi connectivity index (χ1) is 19.9. The van der Waals surface area contributed by atoms with Gasteiger partial charge in [0.15, 0.2) is 0 Å². The second kappa shape index (κ2) is 12.8.